The van der Waals surface area contributed by atoms with Crippen molar-refractivity contribution in [2.45, 2.75) is 10.4 Å². The molecule has 8 heteroatoms. The molecule has 1 rings (SSSR count). The van der Waals surface area contributed by atoms with E-state index < -0.39 is 45.1 Å². The highest BCUT2D eigenvalue weighted by atomic mass is 32.2. The number of rotatable bonds is 2. The number of thioether (sulfide) groups is 1. The van der Waals surface area contributed by atoms with Crippen LogP contribution in [-0.4, -0.2) is 18.6 Å². The van der Waals surface area contributed by atoms with E-state index in [9.17, 15) is 22.4 Å². The maximum atomic E-state index is 13.2. The Bertz CT molecular complexity index is 522. The van der Waals surface area contributed by atoms with Gasteiger partial charge < -0.3 is 4.74 Å². The summed E-state index contributed by atoms with van der Waals surface area (Å²) in [6.07, 6.45) is 0. The van der Waals surface area contributed by atoms with Crippen LogP contribution in [0.5, 0.6) is 0 Å². The minimum absolute atomic E-state index is 0.577. The monoisotopic (exact) mass is 279 g/mol. The first kappa shape index (κ1) is 14.3. The Labute approximate surface area is 103 Å². The molecule has 0 saturated heterocycles. The van der Waals surface area contributed by atoms with E-state index in [1.165, 1.54) is 6.07 Å². The Morgan fingerprint density at radius 2 is 2.06 bits per heavy atom. The Morgan fingerprint density at radius 1 is 1.44 bits per heavy atom. The van der Waals surface area contributed by atoms with Crippen LogP contribution in [0.1, 0.15) is 15.9 Å². The Morgan fingerprint density at radius 3 is 2.50 bits per heavy atom. The molecule has 1 aromatic rings. The second-order valence-electron chi connectivity index (χ2n) is 2.95. The van der Waals surface area contributed by atoms with Gasteiger partial charge in [0.25, 0.3) is 0 Å². The predicted molar refractivity (Wildman–Crippen MR) is 54.4 cm³/mol. The van der Waals surface area contributed by atoms with E-state index in [-0.39, 0.29) is 0 Å². The number of benzene rings is 1. The number of carbonyl (C=O) groups is 1. The van der Waals surface area contributed by atoms with E-state index in [1.807, 2.05) is 0 Å². The van der Waals surface area contributed by atoms with E-state index in [0.29, 0.717) is 6.07 Å². The lowest BCUT2D eigenvalue weighted by Gasteiger charge is -2.11. The van der Waals surface area contributed by atoms with Gasteiger partial charge in [-0.25, -0.2) is 9.18 Å². The number of ether oxygens (including phenoxy) is 1. The van der Waals surface area contributed by atoms with Crippen molar-refractivity contribution in [2.75, 3.05) is 7.11 Å². The Hall–Kier alpha value is -1.75. The van der Waals surface area contributed by atoms with Crippen molar-refractivity contribution in [1.29, 1.82) is 5.26 Å². The summed E-state index contributed by atoms with van der Waals surface area (Å²) in [5, 5.41) is 8.68. The molecule has 0 saturated carbocycles. The second-order valence-corrected chi connectivity index (χ2v) is 4.05. The molecule has 1 aromatic carbocycles. The predicted octanol–water partition coefficient (Wildman–Crippen LogP) is 3.10. The van der Waals surface area contributed by atoms with Gasteiger partial charge in [0.05, 0.1) is 12.7 Å². The largest absolute Gasteiger partial charge is 0.465 e. The summed E-state index contributed by atoms with van der Waals surface area (Å²) in [5.74, 6) is -2.28. The molecule has 0 amide bonds. The van der Waals surface area contributed by atoms with Crippen LogP contribution in [0.2, 0.25) is 0 Å². The highest BCUT2D eigenvalue weighted by Crippen LogP contribution is 2.39. The van der Waals surface area contributed by atoms with Gasteiger partial charge in [-0.05, 0) is 23.9 Å². The van der Waals surface area contributed by atoms with Crippen molar-refractivity contribution in [1.82, 2.24) is 0 Å². The maximum absolute atomic E-state index is 13.2. The molecule has 3 nitrogen and oxygen atoms in total. The van der Waals surface area contributed by atoms with Gasteiger partial charge in [-0.3, -0.25) is 0 Å². The summed E-state index contributed by atoms with van der Waals surface area (Å²) >= 11 is -0.609. The summed E-state index contributed by atoms with van der Waals surface area (Å²) in [6, 6.07) is 2.82. The van der Waals surface area contributed by atoms with Crippen LogP contribution in [0.4, 0.5) is 17.6 Å². The van der Waals surface area contributed by atoms with E-state index in [1.54, 1.807) is 0 Å². The van der Waals surface area contributed by atoms with E-state index in [4.69, 9.17) is 5.26 Å². The molecular weight excluding hydrogens is 274 g/mol. The molecule has 0 spiro atoms. The minimum atomic E-state index is -4.66. The summed E-state index contributed by atoms with van der Waals surface area (Å²) in [5.41, 5.74) is -6.15. The molecule has 0 aromatic heterocycles. The van der Waals surface area contributed by atoms with Crippen LogP contribution in [-0.2, 0) is 4.74 Å². The van der Waals surface area contributed by atoms with Gasteiger partial charge in [-0.1, -0.05) is 0 Å². The third kappa shape index (κ3) is 3.13. The second kappa shape index (κ2) is 5.27. The number of halogens is 4. The summed E-state index contributed by atoms with van der Waals surface area (Å²) < 4.78 is 54.3. The van der Waals surface area contributed by atoms with Crippen LogP contribution in [0.25, 0.3) is 0 Å². The van der Waals surface area contributed by atoms with E-state index >= 15 is 0 Å². The first-order valence-corrected chi connectivity index (χ1v) is 5.18. The molecule has 0 bridgehead atoms. The highest BCUT2D eigenvalue weighted by Gasteiger charge is 2.33. The van der Waals surface area contributed by atoms with Gasteiger partial charge in [0.1, 0.15) is 17.4 Å². The zero-order valence-electron chi connectivity index (χ0n) is 8.84. The topological polar surface area (TPSA) is 50.1 Å². The first-order valence-electron chi connectivity index (χ1n) is 4.36. The minimum Gasteiger partial charge on any atom is -0.465 e. The number of alkyl halides is 3. The fourth-order valence-corrected chi connectivity index (χ4v) is 1.85. The Balaban J connectivity index is 3.44. The van der Waals surface area contributed by atoms with Crippen LogP contribution in [0.15, 0.2) is 17.0 Å². The highest BCUT2D eigenvalue weighted by molar-refractivity contribution is 8.00. The lowest BCUT2D eigenvalue weighted by Crippen LogP contribution is -2.10. The number of nitriles is 1. The van der Waals surface area contributed by atoms with Gasteiger partial charge in [0.2, 0.25) is 0 Å². The molecule has 0 atom stereocenters. The summed E-state index contributed by atoms with van der Waals surface area (Å²) in [6.45, 7) is 0. The molecule has 0 heterocycles. The maximum Gasteiger partial charge on any atom is 0.446 e. The van der Waals surface area contributed by atoms with E-state index in [2.05, 4.69) is 4.74 Å². The van der Waals surface area contributed by atoms with Gasteiger partial charge in [-0.15, -0.1) is 0 Å². The number of esters is 1. The third-order valence-corrected chi connectivity index (χ3v) is 2.63. The quantitative estimate of drug-likeness (QED) is 0.474. The molecule has 0 radical (unpaired) electrons. The zero-order valence-corrected chi connectivity index (χ0v) is 9.66. The van der Waals surface area contributed by atoms with Crippen LogP contribution in [0.3, 0.4) is 0 Å². The SMILES string of the molecule is COC(=O)c1c(SC(F)(F)F)ccc(F)c1C#N. The number of hydrogen-bond acceptors (Lipinski definition) is 4. The standard InChI is InChI=1S/C10H5F4NO2S/c1-17-9(16)8-5(4-15)6(11)2-3-7(8)18-10(12,13)14/h2-3H,1H3. The molecule has 0 aliphatic rings. The molecular formula is C10H5F4NO2S. The smallest absolute Gasteiger partial charge is 0.446 e. The van der Waals surface area contributed by atoms with Crippen LogP contribution < -0.4 is 0 Å². The summed E-state index contributed by atoms with van der Waals surface area (Å²) in [4.78, 5) is 10.8. The van der Waals surface area contributed by atoms with Gasteiger partial charge in [0, 0.05) is 4.90 Å². The summed E-state index contributed by atoms with van der Waals surface area (Å²) in [7, 11) is 0.927. The lowest BCUT2D eigenvalue weighted by molar-refractivity contribution is -0.0328. The van der Waals surface area contributed by atoms with E-state index in [0.717, 1.165) is 13.2 Å². The average Bonchev–Trinajstić information content (AvgIpc) is 2.28. The van der Waals surface area contributed by atoms with Crippen molar-refractivity contribution in [3.63, 3.8) is 0 Å². The molecule has 0 fully saturated rings. The van der Waals surface area contributed by atoms with Gasteiger partial charge in [-0.2, -0.15) is 18.4 Å². The Kier molecular flexibility index (Phi) is 4.19. The number of hydrogen-bond donors (Lipinski definition) is 0. The first-order chi connectivity index (χ1) is 8.30. The fraction of sp³-hybridized carbons (Fsp3) is 0.200. The third-order valence-electron chi connectivity index (χ3n) is 1.84. The van der Waals surface area contributed by atoms with Crippen molar-refractivity contribution in [2.24, 2.45) is 0 Å². The van der Waals surface area contributed by atoms with Crippen molar-refractivity contribution >= 4 is 17.7 Å². The van der Waals surface area contributed by atoms with Crippen molar-refractivity contribution in [3.05, 3.63) is 29.1 Å². The fourth-order valence-electron chi connectivity index (χ4n) is 1.18. The molecule has 0 aliphatic heterocycles. The lowest BCUT2D eigenvalue weighted by atomic mass is 10.1. The van der Waals surface area contributed by atoms with Crippen molar-refractivity contribution in [3.8, 4) is 6.07 Å². The number of nitrogens with zero attached hydrogens (tertiary/aromatic N) is 1. The van der Waals surface area contributed by atoms with Crippen molar-refractivity contribution < 1.29 is 27.1 Å². The molecule has 0 aliphatic carbocycles. The zero-order chi connectivity index (χ0) is 13.9. The average molecular weight is 279 g/mol. The number of carbonyl (C=O) groups excluding carboxylic acids is 1. The van der Waals surface area contributed by atoms with Crippen LogP contribution >= 0.6 is 11.8 Å². The number of methoxy groups -OCH3 is 1. The molecule has 0 unspecified atom stereocenters. The van der Waals surface area contributed by atoms with Gasteiger partial charge >= 0.3 is 11.5 Å². The molecule has 96 valence electrons. The normalized spacial score (nSPS) is 10.9. The van der Waals surface area contributed by atoms with Gasteiger partial charge in [0.15, 0.2) is 0 Å². The molecule has 0 N–H and O–H groups in total. The van der Waals surface area contributed by atoms with Crippen LogP contribution in [0, 0.1) is 17.1 Å². The molecule has 18 heavy (non-hydrogen) atoms.